The van der Waals surface area contributed by atoms with Gasteiger partial charge in [0, 0.05) is 28.3 Å². The van der Waals surface area contributed by atoms with E-state index in [1.165, 1.54) is 0 Å². The first-order valence-corrected chi connectivity index (χ1v) is 10.4. The Morgan fingerprint density at radius 3 is 2.39 bits per heavy atom. The average Bonchev–Trinajstić information content (AvgIpc) is 2.97. The van der Waals surface area contributed by atoms with Crippen molar-refractivity contribution in [2.75, 3.05) is 5.32 Å². The van der Waals surface area contributed by atoms with Crippen LogP contribution < -0.4 is 16.2 Å². The highest BCUT2D eigenvalue weighted by Crippen LogP contribution is 2.18. The van der Waals surface area contributed by atoms with Crippen LogP contribution in [0.5, 0.6) is 0 Å². The fraction of sp³-hybridized carbons (Fsp3) is 0.318. The van der Waals surface area contributed by atoms with Crippen molar-refractivity contribution in [2.45, 2.75) is 48.0 Å². The molecule has 1 amide bonds. The molecule has 31 heavy (non-hydrogen) atoms. The number of hydrazine groups is 1. The summed E-state index contributed by atoms with van der Waals surface area (Å²) >= 11 is 5.30. The van der Waals surface area contributed by atoms with Gasteiger partial charge in [0.15, 0.2) is 5.11 Å². The molecule has 1 aromatic carbocycles. The number of benzene rings is 1. The zero-order chi connectivity index (χ0) is 22.7. The maximum atomic E-state index is 12.5. The second-order valence-corrected chi connectivity index (χ2v) is 7.97. The first kappa shape index (κ1) is 22.4. The normalized spacial score (nSPS) is 10.6. The third-order valence-corrected chi connectivity index (χ3v) is 5.31. The Morgan fingerprint density at radius 1 is 1.03 bits per heavy atom. The predicted molar refractivity (Wildman–Crippen MR) is 125 cm³/mol. The van der Waals surface area contributed by atoms with E-state index in [-0.39, 0.29) is 12.3 Å². The van der Waals surface area contributed by atoms with E-state index in [1.54, 1.807) is 4.68 Å². The van der Waals surface area contributed by atoms with Gasteiger partial charge in [-0.3, -0.25) is 15.6 Å². The Labute approximate surface area is 187 Å². The van der Waals surface area contributed by atoms with Gasteiger partial charge in [-0.2, -0.15) is 5.10 Å². The highest BCUT2D eigenvalue weighted by molar-refractivity contribution is 7.80. The van der Waals surface area contributed by atoms with Gasteiger partial charge < -0.3 is 5.32 Å². The van der Waals surface area contributed by atoms with E-state index in [1.807, 2.05) is 65.8 Å². The summed E-state index contributed by atoms with van der Waals surface area (Å²) in [5.41, 5.74) is 12.7. The molecule has 0 unspecified atom stereocenters. The third kappa shape index (κ3) is 5.24. The van der Waals surface area contributed by atoms with Crippen LogP contribution in [0.15, 0.2) is 24.3 Å². The minimum absolute atomic E-state index is 0.154. The van der Waals surface area contributed by atoms with Crippen LogP contribution in [-0.2, 0) is 11.2 Å². The van der Waals surface area contributed by atoms with Crippen LogP contribution in [0.25, 0.3) is 5.95 Å². The molecule has 162 valence electrons. The van der Waals surface area contributed by atoms with Crippen molar-refractivity contribution in [1.29, 1.82) is 0 Å². The van der Waals surface area contributed by atoms with Gasteiger partial charge in [-0.1, -0.05) is 12.1 Å². The highest BCUT2D eigenvalue weighted by Gasteiger charge is 2.18. The summed E-state index contributed by atoms with van der Waals surface area (Å²) in [6, 6.07) is 7.83. The summed E-state index contributed by atoms with van der Waals surface area (Å²) in [4.78, 5) is 21.4. The van der Waals surface area contributed by atoms with Gasteiger partial charge in [0.05, 0.1) is 12.1 Å². The topological polar surface area (TPSA) is 96.8 Å². The molecule has 0 spiro atoms. The van der Waals surface area contributed by atoms with E-state index < -0.39 is 0 Å². The first-order chi connectivity index (χ1) is 14.7. The molecule has 0 aliphatic carbocycles. The van der Waals surface area contributed by atoms with Crippen LogP contribution in [-0.4, -0.2) is 30.8 Å². The van der Waals surface area contributed by atoms with Gasteiger partial charge >= 0.3 is 0 Å². The second-order valence-electron chi connectivity index (χ2n) is 7.56. The molecule has 0 saturated heterocycles. The van der Waals surface area contributed by atoms with Crippen LogP contribution in [0.1, 0.15) is 39.5 Å². The zero-order valence-electron chi connectivity index (χ0n) is 18.6. The van der Waals surface area contributed by atoms with Gasteiger partial charge in [0.1, 0.15) is 0 Å². The summed E-state index contributed by atoms with van der Waals surface area (Å²) in [5, 5.41) is 7.95. The van der Waals surface area contributed by atoms with Crippen molar-refractivity contribution < 1.29 is 4.79 Å². The van der Waals surface area contributed by atoms with E-state index >= 15 is 0 Å². The molecule has 8 nitrogen and oxygen atoms in total. The molecule has 0 atom stereocenters. The number of amides is 1. The average molecular weight is 438 g/mol. The molecule has 0 saturated carbocycles. The third-order valence-electron chi connectivity index (χ3n) is 5.11. The number of anilines is 1. The van der Waals surface area contributed by atoms with Gasteiger partial charge in [0.2, 0.25) is 5.91 Å². The smallest absolute Gasteiger partial charge is 0.251 e. The zero-order valence-corrected chi connectivity index (χ0v) is 19.4. The molecule has 2 heterocycles. The Bertz CT molecular complexity index is 1130. The number of nitrogens with zero attached hydrogens (tertiary/aromatic N) is 4. The fourth-order valence-electron chi connectivity index (χ4n) is 3.30. The molecule has 2 aromatic heterocycles. The summed E-state index contributed by atoms with van der Waals surface area (Å²) in [5.74, 6) is 0.277. The Kier molecular flexibility index (Phi) is 6.65. The Morgan fingerprint density at radius 2 is 1.71 bits per heavy atom. The minimum Gasteiger partial charge on any atom is -0.331 e. The van der Waals surface area contributed by atoms with Crippen molar-refractivity contribution in [1.82, 2.24) is 30.6 Å². The van der Waals surface area contributed by atoms with Crippen molar-refractivity contribution in [3.63, 3.8) is 0 Å². The van der Waals surface area contributed by atoms with E-state index in [4.69, 9.17) is 12.2 Å². The molecule has 0 aliphatic heterocycles. The molecular weight excluding hydrogens is 410 g/mol. The second kappa shape index (κ2) is 9.22. The quantitative estimate of drug-likeness (QED) is 0.426. The van der Waals surface area contributed by atoms with Crippen molar-refractivity contribution in [2.24, 2.45) is 0 Å². The standard InChI is InChI=1S/C22H27N7OS/c1-12-8-7-9-19(15(12)4)25-22(31)27-26-20(30)11-18-16(5)28-29(17(18)6)21-23-13(2)10-14(3)24-21/h7-10H,11H2,1-6H3,(H,26,30)(H2,25,27,31). The summed E-state index contributed by atoms with van der Waals surface area (Å²) in [6.07, 6.45) is 0.154. The van der Waals surface area contributed by atoms with E-state index in [9.17, 15) is 4.79 Å². The molecule has 3 rings (SSSR count). The van der Waals surface area contributed by atoms with Crippen LogP contribution in [0, 0.1) is 41.5 Å². The molecule has 0 radical (unpaired) electrons. The molecule has 3 aromatic rings. The van der Waals surface area contributed by atoms with Crippen molar-refractivity contribution in [3.8, 4) is 5.95 Å². The van der Waals surface area contributed by atoms with E-state index in [2.05, 4.69) is 31.2 Å². The van der Waals surface area contributed by atoms with Gasteiger partial charge in [-0.25, -0.2) is 14.6 Å². The Hall–Kier alpha value is -3.33. The number of carbonyl (C=O) groups excluding carboxylic acids is 1. The maximum Gasteiger partial charge on any atom is 0.251 e. The molecular formula is C22H27N7OS. The van der Waals surface area contributed by atoms with Gasteiger partial charge in [-0.05, 0) is 77.0 Å². The first-order valence-electron chi connectivity index (χ1n) is 9.95. The lowest BCUT2D eigenvalue weighted by Gasteiger charge is -2.14. The SMILES string of the molecule is Cc1cc(C)nc(-n2nc(C)c(CC(=O)NNC(=S)Nc3cccc(C)c3C)c2C)n1. The molecule has 0 aliphatic rings. The monoisotopic (exact) mass is 437 g/mol. The molecule has 0 fully saturated rings. The lowest BCUT2D eigenvalue weighted by atomic mass is 10.1. The minimum atomic E-state index is -0.225. The maximum absolute atomic E-state index is 12.5. The van der Waals surface area contributed by atoms with Crippen molar-refractivity contribution >= 4 is 28.9 Å². The van der Waals surface area contributed by atoms with Crippen LogP contribution >= 0.6 is 12.2 Å². The number of thiocarbonyl (C=S) groups is 1. The molecule has 3 N–H and O–H groups in total. The number of aromatic nitrogens is 4. The lowest BCUT2D eigenvalue weighted by molar-refractivity contribution is -0.121. The number of hydrogen-bond acceptors (Lipinski definition) is 5. The number of nitrogens with one attached hydrogen (secondary N) is 3. The largest absolute Gasteiger partial charge is 0.331 e. The fourth-order valence-corrected chi connectivity index (χ4v) is 3.46. The van der Waals surface area contributed by atoms with Gasteiger partial charge in [-0.15, -0.1) is 0 Å². The van der Waals surface area contributed by atoms with Crippen LogP contribution in [0.4, 0.5) is 5.69 Å². The summed E-state index contributed by atoms with van der Waals surface area (Å²) in [7, 11) is 0. The number of hydrogen-bond donors (Lipinski definition) is 3. The van der Waals surface area contributed by atoms with E-state index in [0.717, 1.165) is 45.2 Å². The highest BCUT2D eigenvalue weighted by atomic mass is 32.1. The number of rotatable bonds is 4. The molecule has 0 bridgehead atoms. The molecule has 9 heteroatoms. The van der Waals surface area contributed by atoms with Crippen LogP contribution in [0.3, 0.4) is 0 Å². The summed E-state index contributed by atoms with van der Waals surface area (Å²) in [6.45, 7) is 11.7. The van der Waals surface area contributed by atoms with E-state index in [0.29, 0.717) is 11.1 Å². The predicted octanol–water partition coefficient (Wildman–Crippen LogP) is 3.07. The lowest BCUT2D eigenvalue weighted by Crippen LogP contribution is -2.44. The summed E-state index contributed by atoms with van der Waals surface area (Å²) < 4.78 is 1.68. The number of aryl methyl sites for hydroxylation is 4. The van der Waals surface area contributed by atoms with Crippen LogP contribution in [0.2, 0.25) is 0 Å². The number of carbonyl (C=O) groups is 1. The Balaban J connectivity index is 1.65. The van der Waals surface area contributed by atoms with Crippen molar-refractivity contribution in [3.05, 3.63) is 63.7 Å². The van der Waals surface area contributed by atoms with Gasteiger partial charge in [0.25, 0.3) is 5.95 Å².